The second-order valence-corrected chi connectivity index (χ2v) is 6.45. The number of hydrogen-bond donors (Lipinski definition) is 2. The maximum Gasteiger partial charge on any atom is 0.257 e. The standard InChI is InChI=1S/C14H19N3O2S/c1-3-13-15-10-14(17-13)20(18,19)16-9-11(2)12-7-5-4-6-8-12/h4-8,10-11,16H,3,9H2,1-2H3,(H,15,17). The Bertz CT molecular complexity index is 650. The van der Waals surface area contributed by atoms with Crippen molar-refractivity contribution >= 4 is 10.0 Å². The highest BCUT2D eigenvalue weighted by atomic mass is 32.2. The normalized spacial score (nSPS) is 13.3. The average molecular weight is 293 g/mol. The van der Waals surface area contributed by atoms with Gasteiger partial charge in [-0.1, -0.05) is 44.2 Å². The van der Waals surface area contributed by atoms with Crippen LogP contribution in [0.3, 0.4) is 0 Å². The summed E-state index contributed by atoms with van der Waals surface area (Å²) in [6.45, 7) is 4.26. The van der Waals surface area contributed by atoms with Gasteiger partial charge in [-0.15, -0.1) is 0 Å². The Morgan fingerprint density at radius 3 is 2.60 bits per heavy atom. The molecule has 2 aromatic rings. The van der Waals surface area contributed by atoms with Crippen LogP contribution in [0.4, 0.5) is 0 Å². The van der Waals surface area contributed by atoms with Gasteiger partial charge < -0.3 is 4.98 Å². The van der Waals surface area contributed by atoms with E-state index < -0.39 is 10.0 Å². The SMILES string of the molecule is CCc1ncc(S(=O)(=O)NCC(C)c2ccccc2)[nH]1. The molecule has 1 heterocycles. The minimum Gasteiger partial charge on any atom is -0.332 e. The predicted octanol–water partition coefficient (Wildman–Crippen LogP) is 2.05. The second-order valence-electron chi connectivity index (χ2n) is 4.71. The summed E-state index contributed by atoms with van der Waals surface area (Å²) in [7, 11) is -3.52. The van der Waals surface area contributed by atoms with Gasteiger partial charge in [-0.25, -0.2) is 18.1 Å². The Morgan fingerprint density at radius 2 is 2.00 bits per heavy atom. The summed E-state index contributed by atoms with van der Waals surface area (Å²) in [5.41, 5.74) is 1.11. The molecule has 1 atom stereocenters. The van der Waals surface area contributed by atoms with E-state index in [2.05, 4.69) is 14.7 Å². The van der Waals surface area contributed by atoms with E-state index in [4.69, 9.17) is 0 Å². The highest BCUT2D eigenvalue weighted by molar-refractivity contribution is 7.89. The third-order valence-electron chi connectivity index (χ3n) is 3.18. The summed E-state index contributed by atoms with van der Waals surface area (Å²) in [6.07, 6.45) is 2.03. The smallest absolute Gasteiger partial charge is 0.257 e. The van der Waals surface area contributed by atoms with Crippen LogP contribution in [-0.2, 0) is 16.4 Å². The molecule has 0 radical (unpaired) electrons. The molecule has 0 saturated heterocycles. The Hall–Kier alpha value is -1.66. The van der Waals surface area contributed by atoms with E-state index in [0.29, 0.717) is 18.8 Å². The zero-order valence-corrected chi connectivity index (χ0v) is 12.4. The quantitative estimate of drug-likeness (QED) is 0.856. The Balaban J connectivity index is 2.02. The lowest BCUT2D eigenvalue weighted by atomic mass is 10.0. The van der Waals surface area contributed by atoms with Gasteiger partial charge in [0.2, 0.25) is 0 Å². The molecule has 108 valence electrons. The second kappa shape index (κ2) is 6.19. The van der Waals surface area contributed by atoms with Crippen LogP contribution in [0.25, 0.3) is 0 Å². The number of aromatic amines is 1. The molecule has 0 spiro atoms. The lowest BCUT2D eigenvalue weighted by Gasteiger charge is -2.12. The first kappa shape index (κ1) is 14.7. The summed E-state index contributed by atoms with van der Waals surface area (Å²) in [5, 5.41) is 0.120. The zero-order chi connectivity index (χ0) is 14.6. The van der Waals surface area contributed by atoms with Gasteiger partial charge in [0.25, 0.3) is 10.0 Å². The number of H-pyrrole nitrogens is 1. The maximum absolute atomic E-state index is 12.1. The van der Waals surface area contributed by atoms with Gasteiger partial charge in [0.1, 0.15) is 5.82 Å². The number of aryl methyl sites for hydroxylation is 1. The molecule has 0 fully saturated rings. The highest BCUT2D eigenvalue weighted by Crippen LogP contribution is 2.14. The third-order valence-corrected chi connectivity index (χ3v) is 4.51. The zero-order valence-electron chi connectivity index (χ0n) is 11.6. The minimum absolute atomic E-state index is 0.111. The van der Waals surface area contributed by atoms with Crippen molar-refractivity contribution in [3.05, 3.63) is 47.9 Å². The Morgan fingerprint density at radius 1 is 1.30 bits per heavy atom. The van der Waals surface area contributed by atoms with Crippen LogP contribution in [0.1, 0.15) is 31.2 Å². The fourth-order valence-electron chi connectivity index (χ4n) is 1.87. The molecular formula is C14H19N3O2S. The first-order valence-corrected chi connectivity index (χ1v) is 8.09. The number of rotatable bonds is 6. The van der Waals surface area contributed by atoms with Crippen LogP contribution >= 0.6 is 0 Å². The van der Waals surface area contributed by atoms with Gasteiger partial charge in [-0.3, -0.25) is 0 Å². The fourth-order valence-corrected chi connectivity index (χ4v) is 2.94. The lowest BCUT2D eigenvalue weighted by molar-refractivity contribution is 0.571. The van der Waals surface area contributed by atoms with Gasteiger partial charge in [0, 0.05) is 13.0 Å². The fraction of sp³-hybridized carbons (Fsp3) is 0.357. The third kappa shape index (κ3) is 3.46. The first-order valence-electron chi connectivity index (χ1n) is 6.61. The maximum atomic E-state index is 12.1. The number of imidazole rings is 1. The van der Waals surface area contributed by atoms with Gasteiger partial charge in [0.15, 0.2) is 5.03 Å². The topological polar surface area (TPSA) is 74.8 Å². The summed E-state index contributed by atoms with van der Waals surface area (Å²) in [4.78, 5) is 6.82. The molecule has 0 bridgehead atoms. The molecule has 0 amide bonds. The van der Waals surface area contributed by atoms with E-state index in [1.165, 1.54) is 6.20 Å². The van der Waals surface area contributed by atoms with Gasteiger partial charge in [0.05, 0.1) is 6.20 Å². The Labute approximate surface area is 119 Å². The Kier molecular flexibility index (Phi) is 4.57. The molecule has 0 aliphatic heterocycles. The number of hydrogen-bond acceptors (Lipinski definition) is 3. The number of sulfonamides is 1. The molecule has 1 aromatic heterocycles. The number of nitrogens with zero attached hydrogens (tertiary/aromatic N) is 1. The number of nitrogens with one attached hydrogen (secondary N) is 2. The van der Waals surface area contributed by atoms with Gasteiger partial charge in [-0.2, -0.15) is 0 Å². The number of aromatic nitrogens is 2. The molecular weight excluding hydrogens is 274 g/mol. The molecule has 5 nitrogen and oxygen atoms in total. The van der Waals surface area contributed by atoms with E-state index >= 15 is 0 Å². The predicted molar refractivity (Wildman–Crippen MR) is 78.0 cm³/mol. The van der Waals surface area contributed by atoms with Crippen molar-refractivity contribution in [3.8, 4) is 0 Å². The van der Waals surface area contributed by atoms with Crippen LogP contribution in [-0.4, -0.2) is 24.9 Å². The van der Waals surface area contributed by atoms with Crippen LogP contribution < -0.4 is 4.72 Å². The molecule has 20 heavy (non-hydrogen) atoms. The van der Waals surface area contributed by atoms with Crippen molar-refractivity contribution in [1.29, 1.82) is 0 Å². The minimum atomic E-state index is -3.52. The molecule has 6 heteroatoms. The molecule has 0 aliphatic carbocycles. The van der Waals surface area contributed by atoms with Crippen molar-refractivity contribution in [1.82, 2.24) is 14.7 Å². The van der Waals surface area contributed by atoms with Crippen molar-refractivity contribution in [2.24, 2.45) is 0 Å². The molecule has 0 aliphatic rings. The number of benzene rings is 1. The summed E-state index contributed by atoms with van der Waals surface area (Å²) in [5.74, 6) is 0.779. The molecule has 1 unspecified atom stereocenters. The molecule has 2 N–H and O–H groups in total. The summed E-state index contributed by atoms with van der Waals surface area (Å²) >= 11 is 0. The van der Waals surface area contributed by atoms with E-state index in [1.54, 1.807) is 0 Å². The van der Waals surface area contributed by atoms with E-state index in [1.807, 2.05) is 44.2 Å². The van der Waals surface area contributed by atoms with Crippen LogP contribution in [0.15, 0.2) is 41.6 Å². The van der Waals surface area contributed by atoms with Crippen molar-refractivity contribution < 1.29 is 8.42 Å². The van der Waals surface area contributed by atoms with E-state index in [9.17, 15) is 8.42 Å². The van der Waals surface area contributed by atoms with Crippen LogP contribution in [0.5, 0.6) is 0 Å². The van der Waals surface area contributed by atoms with Gasteiger partial charge >= 0.3 is 0 Å². The molecule has 1 aromatic carbocycles. The van der Waals surface area contributed by atoms with E-state index in [0.717, 1.165) is 5.56 Å². The molecule has 2 rings (SSSR count). The largest absolute Gasteiger partial charge is 0.332 e. The average Bonchev–Trinajstić information content (AvgIpc) is 2.95. The van der Waals surface area contributed by atoms with Gasteiger partial charge in [-0.05, 0) is 11.5 Å². The van der Waals surface area contributed by atoms with Crippen molar-refractivity contribution in [2.45, 2.75) is 31.2 Å². The van der Waals surface area contributed by atoms with Crippen molar-refractivity contribution in [3.63, 3.8) is 0 Å². The van der Waals surface area contributed by atoms with Crippen LogP contribution in [0, 0.1) is 0 Å². The summed E-state index contributed by atoms with van der Waals surface area (Å²) < 4.78 is 26.8. The van der Waals surface area contributed by atoms with Crippen LogP contribution in [0.2, 0.25) is 0 Å². The first-order chi connectivity index (χ1) is 9.53. The summed E-state index contributed by atoms with van der Waals surface area (Å²) in [6, 6.07) is 9.82. The monoisotopic (exact) mass is 293 g/mol. The lowest BCUT2D eigenvalue weighted by Crippen LogP contribution is -2.28. The van der Waals surface area contributed by atoms with E-state index in [-0.39, 0.29) is 10.9 Å². The molecule has 0 saturated carbocycles. The highest BCUT2D eigenvalue weighted by Gasteiger charge is 2.18. The van der Waals surface area contributed by atoms with Crippen molar-refractivity contribution in [2.75, 3.05) is 6.54 Å².